The van der Waals surface area contributed by atoms with Crippen molar-refractivity contribution in [2.24, 2.45) is 9.98 Å². The Balaban J connectivity index is 2.85. The van der Waals surface area contributed by atoms with Gasteiger partial charge in [0.25, 0.3) is 0 Å². The van der Waals surface area contributed by atoms with Crippen LogP contribution in [-0.2, 0) is 9.59 Å². The first-order chi connectivity index (χ1) is 7.81. The Morgan fingerprint density at radius 3 is 2.38 bits per heavy atom. The van der Waals surface area contributed by atoms with Crippen LogP contribution in [0.3, 0.4) is 0 Å². The molecule has 82 valence electrons. The first kappa shape index (κ1) is 12.1. The van der Waals surface area contributed by atoms with Gasteiger partial charge in [0.2, 0.25) is 12.2 Å². The minimum absolute atomic E-state index is 0.204. The van der Waals surface area contributed by atoms with Crippen molar-refractivity contribution < 1.29 is 9.59 Å². The van der Waals surface area contributed by atoms with E-state index < -0.39 is 0 Å². The second-order valence-corrected chi connectivity index (χ2v) is 3.33. The summed E-state index contributed by atoms with van der Waals surface area (Å²) in [4.78, 5) is 27.2. The van der Waals surface area contributed by atoms with E-state index in [4.69, 9.17) is 0 Å². The molecule has 0 fully saturated rings. The van der Waals surface area contributed by atoms with Gasteiger partial charge in [0.05, 0.1) is 12.2 Å². The molecule has 0 heterocycles. The van der Waals surface area contributed by atoms with Gasteiger partial charge in [-0.3, -0.25) is 0 Å². The Morgan fingerprint density at radius 2 is 1.88 bits per heavy atom. The predicted octanol–water partition coefficient (Wildman–Crippen LogP) is 2.48. The van der Waals surface area contributed by atoms with Crippen LogP contribution in [0.25, 0.3) is 0 Å². The van der Waals surface area contributed by atoms with E-state index in [-0.39, 0.29) is 5.92 Å². The van der Waals surface area contributed by atoms with E-state index in [1.165, 1.54) is 12.2 Å². The molecule has 0 spiro atoms. The lowest BCUT2D eigenvalue weighted by molar-refractivity contribution is 0.559. The first-order valence-electron chi connectivity index (χ1n) is 5.03. The smallest absolute Gasteiger partial charge is 0.211 e. The van der Waals surface area contributed by atoms with Gasteiger partial charge in [-0.05, 0) is 24.1 Å². The fraction of sp³-hybridized carbons (Fsp3) is 0.333. The topological polar surface area (TPSA) is 58.9 Å². The van der Waals surface area contributed by atoms with Crippen LogP contribution in [0.4, 0.5) is 5.69 Å². The van der Waals surface area contributed by atoms with Crippen molar-refractivity contribution >= 4 is 17.8 Å². The molecule has 4 nitrogen and oxygen atoms in total. The first-order valence-corrected chi connectivity index (χ1v) is 5.03. The largest absolute Gasteiger partial charge is 0.240 e. The van der Waals surface area contributed by atoms with Crippen molar-refractivity contribution in [3.63, 3.8) is 0 Å². The minimum Gasteiger partial charge on any atom is -0.211 e. The highest BCUT2D eigenvalue weighted by Gasteiger charge is 2.08. The van der Waals surface area contributed by atoms with Crippen LogP contribution < -0.4 is 0 Å². The average Bonchev–Trinajstić information content (AvgIpc) is 2.32. The van der Waals surface area contributed by atoms with Gasteiger partial charge in [-0.2, -0.15) is 4.99 Å². The van der Waals surface area contributed by atoms with Crippen molar-refractivity contribution in [1.29, 1.82) is 0 Å². The highest BCUT2D eigenvalue weighted by atomic mass is 16.1. The molecule has 16 heavy (non-hydrogen) atoms. The van der Waals surface area contributed by atoms with E-state index in [0.717, 1.165) is 12.0 Å². The number of rotatable bonds is 5. The quantitative estimate of drug-likeness (QED) is 0.560. The summed E-state index contributed by atoms with van der Waals surface area (Å²) in [6.45, 7) is 2.47. The van der Waals surface area contributed by atoms with Gasteiger partial charge >= 0.3 is 0 Å². The summed E-state index contributed by atoms with van der Waals surface area (Å²) in [5, 5.41) is 0. The van der Waals surface area contributed by atoms with E-state index in [0.29, 0.717) is 12.2 Å². The molecule has 0 saturated carbocycles. The Morgan fingerprint density at radius 1 is 1.19 bits per heavy atom. The maximum absolute atomic E-state index is 10.0. The normalized spacial score (nSPS) is 11.1. The Bertz CT molecular complexity index is 427. The summed E-state index contributed by atoms with van der Waals surface area (Å²) < 4.78 is 0. The number of carbonyl (C=O) groups excluding carboxylic acids is 2. The van der Waals surface area contributed by atoms with Crippen molar-refractivity contribution in [2.45, 2.75) is 19.3 Å². The van der Waals surface area contributed by atoms with E-state index >= 15 is 0 Å². The van der Waals surface area contributed by atoms with Gasteiger partial charge in [0, 0.05) is 5.92 Å². The third-order valence-electron chi connectivity index (χ3n) is 2.41. The summed E-state index contributed by atoms with van der Waals surface area (Å²) in [5.74, 6) is 0.204. The zero-order valence-electron chi connectivity index (χ0n) is 9.01. The van der Waals surface area contributed by atoms with Crippen LogP contribution in [0.5, 0.6) is 0 Å². The number of hydrogen-bond acceptors (Lipinski definition) is 4. The molecular formula is C12H12N2O2. The molecule has 0 aliphatic rings. The molecule has 1 unspecified atom stereocenters. The van der Waals surface area contributed by atoms with Gasteiger partial charge in [-0.25, -0.2) is 14.6 Å². The molecule has 1 atom stereocenters. The van der Waals surface area contributed by atoms with Crippen LogP contribution in [0.15, 0.2) is 34.3 Å². The molecule has 0 amide bonds. The van der Waals surface area contributed by atoms with Crippen molar-refractivity contribution in [3.8, 4) is 0 Å². The number of nitrogens with zero attached hydrogens (tertiary/aromatic N) is 2. The Hall–Kier alpha value is -2.02. The van der Waals surface area contributed by atoms with E-state index in [1.807, 2.05) is 19.1 Å². The molecule has 1 aromatic carbocycles. The molecule has 0 aromatic heterocycles. The molecule has 0 aliphatic carbocycles. The molecule has 4 heteroatoms. The second-order valence-electron chi connectivity index (χ2n) is 3.33. The van der Waals surface area contributed by atoms with Gasteiger partial charge < -0.3 is 0 Å². The minimum atomic E-state index is 0.204. The molecule has 0 aliphatic heterocycles. The predicted molar refractivity (Wildman–Crippen MR) is 60.2 cm³/mol. The number of hydrogen-bond donors (Lipinski definition) is 0. The van der Waals surface area contributed by atoms with Crippen LogP contribution in [0.2, 0.25) is 0 Å². The lowest BCUT2D eigenvalue weighted by atomic mass is 9.96. The summed E-state index contributed by atoms with van der Waals surface area (Å²) in [6, 6.07) is 7.25. The number of benzene rings is 1. The van der Waals surface area contributed by atoms with Crippen LogP contribution in [0, 0.1) is 0 Å². The lowest BCUT2D eigenvalue weighted by Gasteiger charge is -2.11. The molecule has 0 radical (unpaired) electrons. The molecule has 0 bridgehead atoms. The number of aliphatic imine (C=N–C) groups is 2. The van der Waals surface area contributed by atoms with Gasteiger partial charge in [0.1, 0.15) is 0 Å². The van der Waals surface area contributed by atoms with E-state index in [1.54, 1.807) is 12.1 Å². The highest BCUT2D eigenvalue weighted by molar-refractivity contribution is 5.49. The zero-order valence-corrected chi connectivity index (χ0v) is 9.01. The third kappa shape index (κ3) is 3.28. The van der Waals surface area contributed by atoms with Gasteiger partial charge in [0.15, 0.2) is 0 Å². The lowest BCUT2D eigenvalue weighted by Crippen LogP contribution is -2.00. The summed E-state index contributed by atoms with van der Waals surface area (Å²) in [5.41, 5.74) is 1.65. The maximum Gasteiger partial charge on any atom is 0.240 e. The highest BCUT2D eigenvalue weighted by Crippen LogP contribution is 2.22. The molecule has 1 rings (SSSR count). The summed E-state index contributed by atoms with van der Waals surface area (Å²) in [6.07, 6.45) is 3.92. The molecule has 0 N–H and O–H groups in total. The standard InChI is InChI=1S/C12H12N2O2/c1-2-10(7-13-8-15)11-3-5-12(6-4-11)14-9-16/h3-6,10H,2,7H2,1H3. The van der Waals surface area contributed by atoms with E-state index in [9.17, 15) is 9.59 Å². The second kappa shape index (κ2) is 6.46. The number of isocyanates is 2. The van der Waals surface area contributed by atoms with Gasteiger partial charge in [-0.1, -0.05) is 19.1 Å². The fourth-order valence-corrected chi connectivity index (χ4v) is 1.49. The van der Waals surface area contributed by atoms with Crippen molar-refractivity contribution in [1.82, 2.24) is 0 Å². The van der Waals surface area contributed by atoms with Crippen LogP contribution in [0.1, 0.15) is 24.8 Å². The maximum atomic E-state index is 10.0. The average molecular weight is 216 g/mol. The third-order valence-corrected chi connectivity index (χ3v) is 2.41. The van der Waals surface area contributed by atoms with Gasteiger partial charge in [-0.15, -0.1) is 0 Å². The van der Waals surface area contributed by atoms with E-state index in [2.05, 4.69) is 9.98 Å². The molecule has 1 aromatic rings. The van der Waals surface area contributed by atoms with Crippen molar-refractivity contribution in [2.75, 3.05) is 6.54 Å². The zero-order chi connectivity index (χ0) is 11.8. The summed E-state index contributed by atoms with van der Waals surface area (Å²) in [7, 11) is 0. The van der Waals surface area contributed by atoms with Crippen LogP contribution in [-0.4, -0.2) is 18.7 Å². The Kier molecular flexibility index (Phi) is 4.87. The molecular weight excluding hydrogens is 204 g/mol. The molecule has 0 saturated heterocycles. The fourth-order valence-electron chi connectivity index (χ4n) is 1.49. The summed E-state index contributed by atoms with van der Waals surface area (Å²) >= 11 is 0. The van der Waals surface area contributed by atoms with Crippen molar-refractivity contribution in [3.05, 3.63) is 29.8 Å². The monoisotopic (exact) mass is 216 g/mol. The SMILES string of the molecule is CCC(CN=C=O)c1ccc(N=C=O)cc1. The van der Waals surface area contributed by atoms with Crippen LogP contribution >= 0.6 is 0 Å². The Labute approximate surface area is 93.7 Å².